The first-order valence-corrected chi connectivity index (χ1v) is 6.79. The molecule has 102 valence electrons. The smallest absolute Gasteiger partial charge is 0.326 e. The molecule has 1 rings (SSSR count). The molecule has 1 atom stereocenters. The van der Waals surface area contributed by atoms with E-state index in [4.69, 9.17) is 5.11 Å². The second-order valence-corrected chi connectivity index (χ2v) is 4.99. The Bertz CT molecular complexity index is 468. The largest absolute Gasteiger partial charge is 0.480 e. The number of nitrogens with one attached hydrogen (secondary N) is 1. The summed E-state index contributed by atoms with van der Waals surface area (Å²) in [7, 11) is 0. The van der Waals surface area contributed by atoms with E-state index in [2.05, 4.69) is 21.2 Å². The van der Waals surface area contributed by atoms with Gasteiger partial charge in [0, 0.05) is 10.5 Å². The van der Waals surface area contributed by atoms with Crippen molar-refractivity contribution in [1.82, 2.24) is 5.32 Å². The minimum Gasteiger partial charge on any atom is -0.480 e. The highest BCUT2D eigenvalue weighted by Crippen LogP contribution is 2.11. The molecular weight excluding hydrogens is 310 g/mol. The maximum atomic E-state index is 11.6. The van der Waals surface area contributed by atoms with Gasteiger partial charge in [-0.3, -0.25) is 4.79 Å². The average Bonchev–Trinajstić information content (AvgIpc) is 2.37. The van der Waals surface area contributed by atoms with Crippen molar-refractivity contribution in [3.63, 3.8) is 0 Å². The second kappa shape index (κ2) is 7.74. The van der Waals surface area contributed by atoms with Gasteiger partial charge in [0.25, 0.3) is 0 Å². The Balaban J connectivity index is 2.58. The lowest BCUT2D eigenvalue weighted by molar-refractivity contribution is -0.141. The van der Waals surface area contributed by atoms with Crippen molar-refractivity contribution in [2.24, 2.45) is 0 Å². The summed E-state index contributed by atoms with van der Waals surface area (Å²) >= 11 is 3.32. The third-order valence-corrected chi connectivity index (χ3v) is 3.02. The van der Waals surface area contributed by atoms with Gasteiger partial charge in [0.1, 0.15) is 6.04 Å². The molecule has 1 amide bonds. The molecule has 0 saturated heterocycles. The van der Waals surface area contributed by atoms with Gasteiger partial charge in [-0.05, 0) is 30.2 Å². The lowest BCUT2D eigenvalue weighted by Gasteiger charge is -2.11. The van der Waals surface area contributed by atoms with Crippen LogP contribution < -0.4 is 5.32 Å². The van der Waals surface area contributed by atoms with Gasteiger partial charge in [-0.2, -0.15) is 0 Å². The van der Waals surface area contributed by atoms with E-state index < -0.39 is 17.9 Å². The molecule has 0 fully saturated rings. The van der Waals surface area contributed by atoms with Gasteiger partial charge in [0.15, 0.2) is 0 Å². The molecule has 0 aliphatic heterocycles. The fourth-order valence-corrected chi connectivity index (χ4v) is 1.78. The lowest BCUT2D eigenvalue weighted by atomic mass is 10.1. The topological polar surface area (TPSA) is 66.4 Å². The van der Waals surface area contributed by atoms with E-state index in [0.29, 0.717) is 12.8 Å². The summed E-state index contributed by atoms with van der Waals surface area (Å²) in [6.07, 6.45) is 4.11. The van der Waals surface area contributed by atoms with Crippen molar-refractivity contribution < 1.29 is 14.7 Å². The molecule has 4 nitrogen and oxygen atoms in total. The summed E-state index contributed by atoms with van der Waals surface area (Å²) in [5.74, 6) is -1.41. The maximum Gasteiger partial charge on any atom is 0.326 e. The molecule has 0 unspecified atom stereocenters. The fourth-order valence-electron chi connectivity index (χ4n) is 1.51. The van der Waals surface area contributed by atoms with Crippen LogP contribution in [0, 0.1) is 0 Å². The minimum absolute atomic E-state index is 0.399. The van der Waals surface area contributed by atoms with Gasteiger partial charge in [-0.25, -0.2) is 4.79 Å². The van der Waals surface area contributed by atoms with E-state index in [1.54, 1.807) is 6.08 Å². The SMILES string of the molecule is CCC[C@@H](NC(=O)/C=C/c1ccc(Br)cc1)C(=O)O. The molecule has 0 radical (unpaired) electrons. The molecule has 19 heavy (non-hydrogen) atoms. The molecule has 1 aromatic rings. The van der Waals surface area contributed by atoms with E-state index in [-0.39, 0.29) is 0 Å². The maximum absolute atomic E-state index is 11.6. The number of hydrogen-bond acceptors (Lipinski definition) is 2. The molecule has 0 aliphatic rings. The zero-order valence-electron chi connectivity index (χ0n) is 10.6. The van der Waals surface area contributed by atoms with Crippen molar-refractivity contribution in [3.05, 3.63) is 40.4 Å². The normalized spacial score (nSPS) is 12.3. The van der Waals surface area contributed by atoms with Crippen LogP contribution in [0.3, 0.4) is 0 Å². The zero-order valence-corrected chi connectivity index (χ0v) is 12.2. The molecule has 0 aromatic heterocycles. The number of carboxylic acid groups (broad SMARTS) is 1. The molecule has 1 aromatic carbocycles. The first kappa shape index (κ1) is 15.4. The molecule has 2 N–H and O–H groups in total. The third kappa shape index (κ3) is 5.70. The Morgan fingerprint density at radius 1 is 1.37 bits per heavy atom. The first-order valence-electron chi connectivity index (χ1n) is 6.00. The van der Waals surface area contributed by atoms with Crippen LogP contribution in [-0.4, -0.2) is 23.0 Å². The average molecular weight is 326 g/mol. The Hall–Kier alpha value is -1.62. The number of hydrogen-bond donors (Lipinski definition) is 2. The number of aliphatic carboxylic acids is 1. The summed E-state index contributed by atoms with van der Waals surface area (Å²) < 4.78 is 0.961. The van der Waals surface area contributed by atoms with Crippen LogP contribution >= 0.6 is 15.9 Å². The van der Waals surface area contributed by atoms with Crippen molar-refractivity contribution in [2.75, 3.05) is 0 Å². The number of carboxylic acids is 1. The summed E-state index contributed by atoms with van der Waals surface area (Å²) in [6, 6.07) is 6.62. The Morgan fingerprint density at radius 2 is 2.00 bits per heavy atom. The highest BCUT2D eigenvalue weighted by molar-refractivity contribution is 9.10. The van der Waals surface area contributed by atoms with Crippen LogP contribution in [0.15, 0.2) is 34.8 Å². The Labute approximate surface area is 120 Å². The fraction of sp³-hybridized carbons (Fsp3) is 0.286. The van der Waals surface area contributed by atoms with Crippen LogP contribution in [-0.2, 0) is 9.59 Å². The second-order valence-electron chi connectivity index (χ2n) is 4.07. The highest BCUT2D eigenvalue weighted by Gasteiger charge is 2.17. The first-order chi connectivity index (χ1) is 9.02. The van der Waals surface area contributed by atoms with Crippen molar-refractivity contribution >= 4 is 33.9 Å². The van der Waals surface area contributed by atoms with Gasteiger partial charge in [0.05, 0.1) is 0 Å². The Morgan fingerprint density at radius 3 is 2.53 bits per heavy atom. The number of carbonyl (C=O) groups excluding carboxylic acids is 1. The molecule has 0 spiro atoms. The Kier molecular flexibility index (Phi) is 6.29. The third-order valence-electron chi connectivity index (χ3n) is 2.49. The van der Waals surface area contributed by atoms with E-state index >= 15 is 0 Å². The molecular formula is C14H16BrNO3. The number of rotatable bonds is 6. The van der Waals surface area contributed by atoms with E-state index in [1.807, 2.05) is 31.2 Å². The molecule has 0 bridgehead atoms. The molecule has 0 saturated carbocycles. The number of halogens is 1. The summed E-state index contributed by atoms with van der Waals surface area (Å²) in [4.78, 5) is 22.5. The summed E-state index contributed by atoms with van der Waals surface area (Å²) in [6.45, 7) is 1.87. The molecule has 5 heteroatoms. The number of carbonyl (C=O) groups is 2. The van der Waals surface area contributed by atoms with Crippen LogP contribution in [0.25, 0.3) is 6.08 Å². The number of amides is 1. The van der Waals surface area contributed by atoms with Crippen molar-refractivity contribution in [1.29, 1.82) is 0 Å². The van der Waals surface area contributed by atoms with Gasteiger partial charge >= 0.3 is 5.97 Å². The molecule has 0 aliphatic carbocycles. The predicted molar refractivity (Wildman–Crippen MR) is 77.7 cm³/mol. The van der Waals surface area contributed by atoms with Gasteiger partial charge in [0.2, 0.25) is 5.91 Å². The van der Waals surface area contributed by atoms with Crippen molar-refractivity contribution in [2.45, 2.75) is 25.8 Å². The highest BCUT2D eigenvalue weighted by atomic mass is 79.9. The quantitative estimate of drug-likeness (QED) is 0.790. The van der Waals surface area contributed by atoms with E-state index in [1.165, 1.54) is 6.08 Å². The van der Waals surface area contributed by atoms with Crippen molar-refractivity contribution in [3.8, 4) is 0 Å². The van der Waals surface area contributed by atoms with E-state index in [0.717, 1.165) is 10.0 Å². The molecule has 0 heterocycles. The lowest BCUT2D eigenvalue weighted by Crippen LogP contribution is -2.39. The van der Waals surface area contributed by atoms with Gasteiger partial charge in [-0.15, -0.1) is 0 Å². The van der Waals surface area contributed by atoms with Crippen LogP contribution in [0.1, 0.15) is 25.3 Å². The zero-order chi connectivity index (χ0) is 14.3. The van der Waals surface area contributed by atoms with Crippen LogP contribution in [0.2, 0.25) is 0 Å². The summed E-state index contributed by atoms with van der Waals surface area (Å²) in [5, 5.41) is 11.4. The predicted octanol–water partition coefficient (Wildman–Crippen LogP) is 2.83. The number of benzene rings is 1. The van der Waals surface area contributed by atoms with Gasteiger partial charge in [-0.1, -0.05) is 41.4 Å². The van der Waals surface area contributed by atoms with Gasteiger partial charge < -0.3 is 10.4 Å². The van der Waals surface area contributed by atoms with Crippen LogP contribution in [0.4, 0.5) is 0 Å². The van der Waals surface area contributed by atoms with E-state index in [9.17, 15) is 9.59 Å². The van der Waals surface area contributed by atoms with Crippen LogP contribution in [0.5, 0.6) is 0 Å². The summed E-state index contributed by atoms with van der Waals surface area (Å²) in [5.41, 5.74) is 0.876. The minimum atomic E-state index is -1.01. The monoisotopic (exact) mass is 325 g/mol. The standard InChI is InChI=1S/C14H16BrNO3/c1-2-3-12(14(18)19)16-13(17)9-6-10-4-7-11(15)8-5-10/h4-9,12H,2-3H2,1H3,(H,16,17)(H,18,19)/b9-6+/t12-/m1/s1.